The number of fused-ring (bicyclic) bond motifs is 1. The average Bonchev–Trinajstić information content (AvgIpc) is 3.09. The number of nitrogens with zero attached hydrogens (tertiary/aromatic N) is 1. The molecule has 2 aliphatic heterocycles. The van der Waals surface area contributed by atoms with Crippen LogP contribution in [-0.4, -0.2) is 60.5 Å². The van der Waals surface area contributed by atoms with Crippen LogP contribution < -0.4 is 16.2 Å². The van der Waals surface area contributed by atoms with Crippen molar-refractivity contribution in [1.82, 2.24) is 15.2 Å². The summed E-state index contributed by atoms with van der Waals surface area (Å²) in [5.41, 5.74) is 2.08. The Kier molecular flexibility index (Phi) is 4.94. The Balaban J connectivity index is 1.38. The highest BCUT2D eigenvalue weighted by Gasteiger charge is 2.33. The van der Waals surface area contributed by atoms with E-state index in [0.717, 1.165) is 16.5 Å². The molecule has 144 valence electrons. The summed E-state index contributed by atoms with van der Waals surface area (Å²) in [5.74, 6) is -0.229. The molecule has 1 amide bonds. The number of aromatic amines is 1. The number of aryl methyl sites for hydroxylation is 1. The second-order valence-electron chi connectivity index (χ2n) is 7.19. The number of nitrogens with one attached hydrogen (secondary N) is 3. The fraction of sp³-hybridized carbons (Fsp3) is 0.474. The van der Waals surface area contributed by atoms with Crippen molar-refractivity contribution in [3.63, 3.8) is 0 Å². The zero-order valence-corrected chi connectivity index (χ0v) is 15.1. The first kappa shape index (κ1) is 18.1. The fourth-order valence-corrected chi connectivity index (χ4v) is 3.72. The summed E-state index contributed by atoms with van der Waals surface area (Å²) in [6.07, 6.45) is -0.874. The molecule has 0 spiro atoms. The van der Waals surface area contributed by atoms with Crippen LogP contribution in [0.5, 0.6) is 0 Å². The van der Waals surface area contributed by atoms with Gasteiger partial charge in [-0.3, -0.25) is 19.8 Å². The Morgan fingerprint density at radius 1 is 1.37 bits per heavy atom. The lowest BCUT2D eigenvalue weighted by Gasteiger charge is -2.35. The van der Waals surface area contributed by atoms with E-state index in [1.54, 1.807) is 12.1 Å². The van der Waals surface area contributed by atoms with Crippen LogP contribution in [0.15, 0.2) is 29.1 Å². The predicted molar refractivity (Wildman–Crippen MR) is 101 cm³/mol. The second-order valence-corrected chi connectivity index (χ2v) is 7.19. The standard InChI is InChI=1S/C19H23FN4O3/c1-11-6-18(25)23-15-3-2-13(7-14(11)15)22-19(26)16-8-21-17(10-27-16)24-5-4-12(20)9-24/h2-3,6-7,12,16-17,21H,4-5,8-10H2,1H3,(H,22,26)(H,23,25)/t12?,16-,17?/m0/s1. The van der Waals surface area contributed by atoms with E-state index in [0.29, 0.717) is 38.3 Å². The molecular formula is C19H23FN4O3. The third kappa shape index (κ3) is 3.87. The molecule has 0 aliphatic carbocycles. The summed E-state index contributed by atoms with van der Waals surface area (Å²) >= 11 is 0. The van der Waals surface area contributed by atoms with Crippen molar-refractivity contribution >= 4 is 22.5 Å². The highest BCUT2D eigenvalue weighted by molar-refractivity contribution is 5.96. The number of hydrogen-bond donors (Lipinski definition) is 3. The van der Waals surface area contributed by atoms with Gasteiger partial charge in [0.15, 0.2) is 0 Å². The molecular weight excluding hydrogens is 351 g/mol. The number of amides is 1. The smallest absolute Gasteiger partial charge is 0.254 e. The molecule has 2 aliphatic rings. The normalized spacial score (nSPS) is 26.4. The van der Waals surface area contributed by atoms with Crippen molar-refractivity contribution < 1.29 is 13.9 Å². The van der Waals surface area contributed by atoms with Crippen LogP contribution >= 0.6 is 0 Å². The van der Waals surface area contributed by atoms with Gasteiger partial charge in [-0.1, -0.05) is 0 Å². The molecule has 2 unspecified atom stereocenters. The zero-order valence-electron chi connectivity index (χ0n) is 15.1. The van der Waals surface area contributed by atoms with E-state index in [1.165, 1.54) is 6.07 Å². The summed E-state index contributed by atoms with van der Waals surface area (Å²) in [4.78, 5) is 28.8. The van der Waals surface area contributed by atoms with E-state index in [-0.39, 0.29) is 17.6 Å². The van der Waals surface area contributed by atoms with Gasteiger partial charge in [0.2, 0.25) is 5.56 Å². The second kappa shape index (κ2) is 7.38. The molecule has 2 fully saturated rings. The van der Waals surface area contributed by atoms with E-state index in [1.807, 2.05) is 17.9 Å². The van der Waals surface area contributed by atoms with Crippen LogP contribution in [-0.2, 0) is 9.53 Å². The Labute approximate surface area is 155 Å². The van der Waals surface area contributed by atoms with Gasteiger partial charge in [0.1, 0.15) is 12.3 Å². The molecule has 4 rings (SSSR count). The van der Waals surface area contributed by atoms with E-state index in [9.17, 15) is 14.0 Å². The van der Waals surface area contributed by atoms with Gasteiger partial charge in [0, 0.05) is 42.3 Å². The Morgan fingerprint density at radius 2 is 2.22 bits per heavy atom. The van der Waals surface area contributed by atoms with Gasteiger partial charge in [0.05, 0.1) is 12.8 Å². The Hall–Kier alpha value is -2.29. The molecule has 1 aromatic heterocycles. The molecule has 2 aromatic rings. The first-order valence-corrected chi connectivity index (χ1v) is 9.17. The minimum Gasteiger partial charge on any atom is -0.364 e. The number of carbonyl (C=O) groups excluding carboxylic acids is 1. The third-order valence-electron chi connectivity index (χ3n) is 5.21. The van der Waals surface area contributed by atoms with Crippen molar-refractivity contribution in [3.05, 3.63) is 40.2 Å². The molecule has 8 heteroatoms. The van der Waals surface area contributed by atoms with E-state index >= 15 is 0 Å². The number of anilines is 1. The molecule has 0 radical (unpaired) electrons. The first-order valence-electron chi connectivity index (χ1n) is 9.17. The van der Waals surface area contributed by atoms with E-state index in [4.69, 9.17) is 4.74 Å². The van der Waals surface area contributed by atoms with Crippen LogP contribution in [0.4, 0.5) is 10.1 Å². The van der Waals surface area contributed by atoms with Crippen molar-refractivity contribution in [1.29, 1.82) is 0 Å². The molecule has 0 saturated carbocycles. The van der Waals surface area contributed by atoms with Crippen LogP contribution in [0.25, 0.3) is 10.9 Å². The molecule has 7 nitrogen and oxygen atoms in total. The van der Waals surface area contributed by atoms with Crippen molar-refractivity contribution in [2.75, 3.05) is 31.6 Å². The van der Waals surface area contributed by atoms with Crippen molar-refractivity contribution in [2.45, 2.75) is 31.8 Å². The topological polar surface area (TPSA) is 86.5 Å². The minimum atomic E-state index is -0.779. The maximum Gasteiger partial charge on any atom is 0.254 e. The van der Waals surface area contributed by atoms with Crippen LogP contribution in [0.2, 0.25) is 0 Å². The van der Waals surface area contributed by atoms with Crippen LogP contribution in [0, 0.1) is 6.92 Å². The lowest BCUT2D eigenvalue weighted by molar-refractivity contribution is -0.132. The highest BCUT2D eigenvalue weighted by atomic mass is 19.1. The van der Waals surface area contributed by atoms with E-state index in [2.05, 4.69) is 15.6 Å². The molecule has 2 saturated heterocycles. The van der Waals surface area contributed by atoms with Gasteiger partial charge in [-0.05, 0) is 37.1 Å². The lowest BCUT2D eigenvalue weighted by atomic mass is 10.1. The molecule has 27 heavy (non-hydrogen) atoms. The number of alkyl halides is 1. The van der Waals surface area contributed by atoms with Crippen molar-refractivity contribution in [3.8, 4) is 0 Å². The molecule has 1 aromatic carbocycles. The van der Waals surface area contributed by atoms with Gasteiger partial charge < -0.3 is 15.0 Å². The summed E-state index contributed by atoms with van der Waals surface area (Å²) in [6.45, 7) is 3.71. The summed E-state index contributed by atoms with van der Waals surface area (Å²) in [5, 5.41) is 7.02. The fourth-order valence-electron chi connectivity index (χ4n) is 3.72. The number of aromatic nitrogens is 1. The molecule has 3 atom stereocenters. The van der Waals surface area contributed by atoms with Gasteiger partial charge >= 0.3 is 0 Å². The maximum atomic E-state index is 13.3. The quantitative estimate of drug-likeness (QED) is 0.750. The number of pyridine rings is 1. The van der Waals surface area contributed by atoms with Gasteiger partial charge in [0.25, 0.3) is 5.91 Å². The summed E-state index contributed by atoms with van der Waals surface area (Å²) < 4.78 is 19.1. The molecule has 0 bridgehead atoms. The number of carbonyl (C=O) groups is 1. The first-order chi connectivity index (χ1) is 13.0. The lowest BCUT2D eigenvalue weighted by Crippen LogP contribution is -2.57. The Morgan fingerprint density at radius 3 is 2.93 bits per heavy atom. The zero-order chi connectivity index (χ0) is 19.0. The third-order valence-corrected chi connectivity index (χ3v) is 5.21. The average molecular weight is 374 g/mol. The van der Waals surface area contributed by atoms with Gasteiger partial charge in [-0.15, -0.1) is 0 Å². The van der Waals surface area contributed by atoms with Gasteiger partial charge in [-0.2, -0.15) is 0 Å². The maximum absolute atomic E-state index is 13.3. The largest absolute Gasteiger partial charge is 0.364 e. The number of hydrogen-bond acceptors (Lipinski definition) is 5. The highest BCUT2D eigenvalue weighted by Crippen LogP contribution is 2.21. The number of ether oxygens (including phenoxy) is 1. The Bertz CT molecular complexity index is 907. The van der Waals surface area contributed by atoms with Crippen molar-refractivity contribution in [2.24, 2.45) is 0 Å². The van der Waals surface area contributed by atoms with Gasteiger partial charge in [-0.25, -0.2) is 4.39 Å². The van der Waals surface area contributed by atoms with Crippen LogP contribution in [0.1, 0.15) is 12.0 Å². The number of morpholine rings is 1. The summed E-state index contributed by atoms with van der Waals surface area (Å²) in [6, 6.07) is 6.89. The minimum absolute atomic E-state index is 0.0463. The predicted octanol–water partition coefficient (Wildman–Crippen LogP) is 1.13. The molecule has 3 heterocycles. The number of rotatable bonds is 3. The number of likely N-dealkylation sites (tertiary alicyclic amines) is 1. The number of benzene rings is 1. The SMILES string of the molecule is Cc1cc(=O)[nH]c2ccc(NC(=O)[C@@H]3CNC(N4CCC(F)C4)CO3)cc12. The molecule has 3 N–H and O–H groups in total. The van der Waals surface area contributed by atoms with E-state index < -0.39 is 12.3 Å². The number of H-pyrrole nitrogens is 1. The monoisotopic (exact) mass is 374 g/mol. The van der Waals surface area contributed by atoms with Crippen LogP contribution in [0.3, 0.4) is 0 Å². The summed E-state index contributed by atoms with van der Waals surface area (Å²) in [7, 11) is 0. The number of halogens is 1.